The summed E-state index contributed by atoms with van der Waals surface area (Å²) in [7, 11) is 1.63. The number of aromatic nitrogens is 2. The van der Waals surface area contributed by atoms with Crippen LogP contribution in [0.25, 0.3) is 0 Å². The highest BCUT2D eigenvalue weighted by molar-refractivity contribution is 9.10. The third kappa shape index (κ3) is 9.94. The van der Waals surface area contributed by atoms with Crippen LogP contribution in [-0.2, 0) is 14.4 Å². The molecule has 4 heterocycles. The summed E-state index contributed by atoms with van der Waals surface area (Å²) < 4.78 is 6.43. The van der Waals surface area contributed by atoms with Gasteiger partial charge >= 0.3 is 0 Å². The molecule has 1 atom stereocenters. The Morgan fingerprint density at radius 2 is 1.64 bits per heavy atom. The number of imide groups is 1. The van der Waals surface area contributed by atoms with Gasteiger partial charge in [0.05, 0.1) is 35.1 Å². The fourth-order valence-corrected chi connectivity index (χ4v) is 8.13. The number of hydrogen-bond donors (Lipinski definition) is 5. The molecule has 1 unspecified atom stereocenters. The summed E-state index contributed by atoms with van der Waals surface area (Å²) in [4.78, 5) is 65.5. The molecule has 308 valence electrons. The van der Waals surface area contributed by atoms with Gasteiger partial charge in [0.1, 0.15) is 17.6 Å². The van der Waals surface area contributed by atoms with E-state index >= 15 is 0 Å². The smallest absolute Gasteiger partial charge is 0.253 e. The molecule has 4 fully saturated rings. The fourth-order valence-electron chi connectivity index (χ4n) is 7.84. The first-order chi connectivity index (χ1) is 28.7. The van der Waals surface area contributed by atoms with E-state index in [0.29, 0.717) is 90.4 Å². The molecule has 1 saturated carbocycles. The number of benzene rings is 3. The Labute approximate surface area is 351 Å². The van der Waals surface area contributed by atoms with Crippen molar-refractivity contribution in [3.63, 3.8) is 0 Å². The maximum absolute atomic E-state index is 13.4. The van der Waals surface area contributed by atoms with Crippen molar-refractivity contribution in [1.29, 1.82) is 0 Å². The Morgan fingerprint density at radius 3 is 2.37 bits per heavy atom. The van der Waals surface area contributed by atoms with Crippen LogP contribution in [-0.4, -0.2) is 108 Å². The molecule has 0 spiro atoms. The quantitative estimate of drug-likeness (QED) is 0.109. The Bertz CT molecular complexity index is 2190. The van der Waals surface area contributed by atoms with Crippen molar-refractivity contribution in [2.45, 2.75) is 56.5 Å². The van der Waals surface area contributed by atoms with Gasteiger partial charge in [-0.15, -0.1) is 0 Å². The summed E-state index contributed by atoms with van der Waals surface area (Å²) in [5, 5.41) is 15.3. The second-order valence-corrected chi connectivity index (χ2v) is 16.4. The Balaban J connectivity index is 0.803. The van der Waals surface area contributed by atoms with E-state index in [9.17, 15) is 19.2 Å². The highest BCUT2D eigenvalue weighted by Gasteiger charge is 2.29. The zero-order valence-electron chi connectivity index (χ0n) is 33.0. The number of methoxy groups -OCH3 is 1. The third-order valence-corrected chi connectivity index (χ3v) is 12.0. The zero-order valence-corrected chi connectivity index (χ0v) is 34.6. The highest BCUT2D eigenvalue weighted by Crippen LogP contribution is 2.34. The number of ether oxygens (including phenoxy) is 1. The highest BCUT2D eigenvalue weighted by atomic mass is 79.9. The van der Waals surface area contributed by atoms with Gasteiger partial charge in [0, 0.05) is 62.3 Å². The lowest BCUT2D eigenvalue weighted by Crippen LogP contribution is -2.51. The number of para-hydroxylation sites is 1. The van der Waals surface area contributed by atoms with Gasteiger partial charge in [0.2, 0.25) is 23.7 Å². The van der Waals surface area contributed by atoms with Crippen molar-refractivity contribution < 1.29 is 23.9 Å². The van der Waals surface area contributed by atoms with Crippen molar-refractivity contribution in [2.75, 3.05) is 73.8 Å². The molecule has 3 saturated heterocycles. The minimum absolute atomic E-state index is 0.117. The van der Waals surface area contributed by atoms with Crippen LogP contribution in [0.2, 0.25) is 0 Å². The van der Waals surface area contributed by atoms with Gasteiger partial charge in [-0.1, -0.05) is 24.3 Å². The van der Waals surface area contributed by atoms with Gasteiger partial charge in [-0.25, -0.2) is 4.98 Å². The molecule has 0 radical (unpaired) electrons. The van der Waals surface area contributed by atoms with Crippen LogP contribution in [0.15, 0.2) is 77.4 Å². The molecule has 4 aromatic rings. The number of amides is 4. The van der Waals surface area contributed by atoms with Crippen LogP contribution >= 0.6 is 15.9 Å². The van der Waals surface area contributed by atoms with Crippen LogP contribution in [0.3, 0.4) is 0 Å². The van der Waals surface area contributed by atoms with E-state index in [1.807, 2.05) is 53.4 Å². The van der Waals surface area contributed by atoms with Crippen molar-refractivity contribution in [3.8, 4) is 5.75 Å². The second-order valence-electron chi connectivity index (χ2n) is 15.5. The Morgan fingerprint density at radius 1 is 0.881 bits per heavy atom. The molecule has 5 N–H and O–H groups in total. The lowest BCUT2D eigenvalue weighted by Gasteiger charge is -2.38. The monoisotopic (exact) mass is 864 g/mol. The molecular formula is C43H49BrN10O5. The van der Waals surface area contributed by atoms with Crippen LogP contribution < -0.4 is 36.2 Å². The lowest BCUT2D eigenvalue weighted by atomic mass is 9.89. The fraction of sp³-hybridized carbons (Fsp3) is 0.395. The number of hydrogen-bond acceptors (Lipinski definition) is 12. The summed E-state index contributed by atoms with van der Waals surface area (Å²) in [5.41, 5.74) is 5.01. The van der Waals surface area contributed by atoms with Gasteiger partial charge in [-0.05, 0) is 109 Å². The van der Waals surface area contributed by atoms with Crippen LogP contribution in [0, 0.1) is 0 Å². The van der Waals surface area contributed by atoms with Gasteiger partial charge in [0.25, 0.3) is 5.91 Å². The summed E-state index contributed by atoms with van der Waals surface area (Å²) in [6.45, 7) is 4.86. The van der Waals surface area contributed by atoms with E-state index in [-0.39, 0.29) is 29.7 Å². The maximum atomic E-state index is 13.4. The normalized spacial score (nSPS) is 18.8. The van der Waals surface area contributed by atoms with E-state index < -0.39 is 6.04 Å². The predicted octanol–water partition coefficient (Wildman–Crippen LogP) is 5.37. The molecule has 15 nitrogen and oxygen atoms in total. The molecule has 3 aliphatic heterocycles. The first-order valence-electron chi connectivity index (χ1n) is 20.3. The van der Waals surface area contributed by atoms with E-state index in [0.717, 1.165) is 50.1 Å². The first kappa shape index (κ1) is 40.1. The van der Waals surface area contributed by atoms with Gasteiger partial charge in [-0.2, -0.15) is 4.98 Å². The van der Waals surface area contributed by atoms with Crippen molar-refractivity contribution in [2.24, 2.45) is 0 Å². The number of halogens is 1. The Hall–Kier alpha value is -5.74. The number of nitrogens with zero attached hydrogens (tertiary/aromatic N) is 5. The number of nitrogens with one attached hydrogen (secondary N) is 5. The SMILES string of the molecule is COc1cc(N2CCN(C(=O)CN3CCC(c4ccc(NC5CCC(=O)NC5=O)cc4)CC3)CC2)ccc1Nc1ncc(Br)c(Nc2ccccc2C(=O)NC2CC2)n1. The average Bonchev–Trinajstić information content (AvgIpc) is 4.08. The van der Waals surface area contributed by atoms with E-state index in [2.05, 4.69) is 69.4 Å². The van der Waals surface area contributed by atoms with Gasteiger partial charge in [0.15, 0.2) is 0 Å². The largest absolute Gasteiger partial charge is 0.494 e. The number of carbonyl (C=O) groups excluding carboxylic acids is 4. The van der Waals surface area contributed by atoms with E-state index in [1.54, 1.807) is 19.4 Å². The average molecular weight is 866 g/mol. The lowest BCUT2D eigenvalue weighted by molar-refractivity contribution is -0.134. The Kier molecular flexibility index (Phi) is 12.2. The minimum atomic E-state index is -0.399. The summed E-state index contributed by atoms with van der Waals surface area (Å²) in [5.74, 6) is 1.47. The van der Waals surface area contributed by atoms with Gasteiger partial charge in [-0.3, -0.25) is 29.4 Å². The molecule has 3 aromatic carbocycles. The summed E-state index contributed by atoms with van der Waals surface area (Å²) in [6, 6.07) is 21.4. The number of rotatable bonds is 13. The molecule has 59 heavy (non-hydrogen) atoms. The van der Waals surface area contributed by atoms with Crippen molar-refractivity contribution >= 4 is 74.1 Å². The molecule has 0 bridgehead atoms. The minimum Gasteiger partial charge on any atom is -0.494 e. The van der Waals surface area contributed by atoms with Crippen molar-refractivity contribution in [1.82, 2.24) is 30.4 Å². The summed E-state index contributed by atoms with van der Waals surface area (Å²) in [6.07, 6.45) is 6.47. The van der Waals surface area contributed by atoms with Crippen LogP contribution in [0.1, 0.15) is 60.4 Å². The van der Waals surface area contributed by atoms with Gasteiger partial charge < -0.3 is 35.8 Å². The van der Waals surface area contributed by atoms with E-state index in [1.165, 1.54) is 5.56 Å². The standard InChI is InChI=1S/C43H49BrN10O5/c1-59-37-24-31(12-13-35(37)49-43-45-25-33(44)40(51-43)48-34-5-3-2-4-32(34)41(57)47-30-10-11-30)53-20-22-54(23-21-53)39(56)26-52-18-16-28(17-19-52)27-6-8-29(9-7-27)46-36-14-15-38(55)50-42(36)58/h2-9,12-13,24-25,28,30,36,46H,10-11,14-23,26H2,1H3,(H,47,57)(H,50,55,58)(H2,45,48,49,51). The molecule has 16 heteroatoms. The maximum Gasteiger partial charge on any atom is 0.253 e. The molecular weight excluding hydrogens is 816 g/mol. The first-order valence-corrected chi connectivity index (χ1v) is 21.1. The number of piperazine rings is 1. The summed E-state index contributed by atoms with van der Waals surface area (Å²) >= 11 is 3.54. The number of piperidine rings is 2. The molecule has 4 amide bonds. The topological polar surface area (TPSA) is 173 Å². The third-order valence-electron chi connectivity index (χ3n) is 11.4. The van der Waals surface area contributed by atoms with Crippen LogP contribution in [0.5, 0.6) is 5.75 Å². The second kappa shape index (κ2) is 18.0. The number of carbonyl (C=O) groups is 4. The molecule has 4 aliphatic rings. The van der Waals surface area contributed by atoms with E-state index in [4.69, 9.17) is 9.72 Å². The predicted molar refractivity (Wildman–Crippen MR) is 230 cm³/mol. The van der Waals surface area contributed by atoms with Crippen LogP contribution in [0.4, 0.5) is 34.5 Å². The molecule has 1 aromatic heterocycles. The molecule has 8 rings (SSSR count). The zero-order chi connectivity index (χ0) is 40.9. The number of anilines is 6. The molecule has 1 aliphatic carbocycles. The van der Waals surface area contributed by atoms with Crippen molar-refractivity contribution in [3.05, 3.63) is 88.5 Å². The number of likely N-dealkylation sites (tertiary alicyclic amines) is 1.